The summed E-state index contributed by atoms with van der Waals surface area (Å²) in [5.41, 5.74) is 3.46. The first kappa shape index (κ1) is 15.9. The smallest absolute Gasteiger partial charge is 0.228 e. The number of ether oxygens (including phenoxy) is 2. The van der Waals surface area contributed by atoms with Gasteiger partial charge in [0, 0.05) is 42.2 Å². The van der Waals surface area contributed by atoms with E-state index in [1.165, 1.54) is 0 Å². The van der Waals surface area contributed by atoms with Crippen LogP contribution in [0.2, 0.25) is 0 Å². The Labute approximate surface area is 130 Å². The van der Waals surface area contributed by atoms with Crippen LogP contribution in [0.5, 0.6) is 11.5 Å². The van der Waals surface area contributed by atoms with Crippen molar-refractivity contribution in [2.45, 2.75) is 20.3 Å². The van der Waals surface area contributed by atoms with E-state index >= 15 is 0 Å². The van der Waals surface area contributed by atoms with Crippen LogP contribution in [0, 0.1) is 13.8 Å². The lowest BCUT2D eigenvalue weighted by molar-refractivity contribution is -0.115. The summed E-state index contributed by atoms with van der Waals surface area (Å²) in [6.07, 6.45) is 0.283. The molecule has 0 aliphatic heterocycles. The molecule has 0 saturated heterocycles. The van der Waals surface area contributed by atoms with E-state index in [4.69, 9.17) is 9.47 Å². The van der Waals surface area contributed by atoms with Crippen molar-refractivity contribution >= 4 is 11.6 Å². The zero-order valence-electron chi connectivity index (χ0n) is 13.6. The Morgan fingerprint density at radius 1 is 1.18 bits per heavy atom. The highest BCUT2D eigenvalue weighted by Crippen LogP contribution is 2.26. The zero-order valence-corrected chi connectivity index (χ0v) is 13.6. The molecule has 6 nitrogen and oxygen atoms in total. The van der Waals surface area contributed by atoms with Gasteiger partial charge >= 0.3 is 0 Å². The molecule has 118 valence electrons. The molecule has 2 aromatic rings. The van der Waals surface area contributed by atoms with E-state index in [2.05, 4.69) is 10.4 Å². The topological polar surface area (TPSA) is 65.4 Å². The SMILES string of the molecule is COc1cc(NC(=O)Cc2c(C)nn(C)c2C)cc(OC)c1. The normalized spacial score (nSPS) is 10.4. The Bertz CT molecular complexity index is 670. The van der Waals surface area contributed by atoms with Gasteiger partial charge in [0.1, 0.15) is 11.5 Å². The minimum Gasteiger partial charge on any atom is -0.497 e. The maximum atomic E-state index is 12.3. The van der Waals surface area contributed by atoms with Crippen LogP contribution in [0.25, 0.3) is 0 Å². The number of nitrogens with zero attached hydrogens (tertiary/aromatic N) is 2. The molecule has 1 heterocycles. The van der Waals surface area contributed by atoms with E-state index in [1.807, 2.05) is 20.9 Å². The van der Waals surface area contributed by atoms with Crippen LogP contribution in [-0.2, 0) is 18.3 Å². The Kier molecular flexibility index (Phi) is 4.70. The molecule has 0 fully saturated rings. The van der Waals surface area contributed by atoms with Gasteiger partial charge in [-0.05, 0) is 13.8 Å². The summed E-state index contributed by atoms with van der Waals surface area (Å²) >= 11 is 0. The lowest BCUT2D eigenvalue weighted by Crippen LogP contribution is -2.15. The largest absolute Gasteiger partial charge is 0.497 e. The summed E-state index contributed by atoms with van der Waals surface area (Å²) in [4.78, 5) is 12.3. The lowest BCUT2D eigenvalue weighted by Gasteiger charge is -2.10. The van der Waals surface area contributed by atoms with Crippen molar-refractivity contribution in [1.82, 2.24) is 9.78 Å². The van der Waals surface area contributed by atoms with Crippen molar-refractivity contribution in [2.75, 3.05) is 19.5 Å². The standard InChI is InChI=1S/C16H21N3O3/c1-10-15(11(2)19(3)18-10)9-16(20)17-12-6-13(21-4)8-14(7-12)22-5/h6-8H,9H2,1-5H3,(H,17,20). The molecule has 0 radical (unpaired) electrons. The van der Waals surface area contributed by atoms with Gasteiger partial charge in [0.2, 0.25) is 5.91 Å². The Hall–Kier alpha value is -2.50. The molecule has 0 aliphatic carbocycles. The van der Waals surface area contributed by atoms with Crippen LogP contribution in [0.1, 0.15) is 17.0 Å². The molecule has 2 rings (SSSR count). The molecule has 0 unspecified atom stereocenters. The fourth-order valence-corrected chi connectivity index (χ4v) is 2.32. The number of amides is 1. The molecule has 22 heavy (non-hydrogen) atoms. The zero-order chi connectivity index (χ0) is 16.3. The highest BCUT2D eigenvalue weighted by atomic mass is 16.5. The highest BCUT2D eigenvalue weighted by Gasteiger charge is 2.14. The van der Waals surface area contributed by atoms with E-state index in [9.17, 15) is 4.79 Å². The van der Waals surface area contributed by atoms with Crippen LogP contribution < -0.4 is 14.8 Å². The third kappa shape index (κ3) is 3.39. The maximum Gasteiger partial charge on any atom is 0.228 e. The average molecular weight is 303 g/mol. The second-order valence-electron chi connectivity index (χ2n) is 5.10. The number of rotatable bonds is 5. The predicted molar refractivity (Wildman–Crippen MR) is 84.6 cm³/mol. The minimum atomic E-state index is -0.102. The van der Waals surface area contributed by atoms with Crippen molar-refractivity contribution in [3.8, 4) is 11.5 Å². The van der Waals surface area contributed by atoms with Gasteiger partial charge in [-0.25, -0.2) is 0 Å². The van der Waals surface area contributed by atoms with Crippen molar-refractivity contribution in [2.24, 2.45) is 7.05 Å². The van der Waals surface area contributed by atoms with Gasteiger partial charge in [0.15, 0.2) is 0 Å². The summed E-state index contributed by atoms with van der Waals surface area (Å²) in [7, 11) is 5.02. The van der Waals surface area contributed by atoms with Crippen LogP contribution in [-0.4, -0.2) is 29.9 Å². The van der Waals surface area contributed by atoms with Gasteiger partial charge in [0.05, 0.1) is 26.3 Å². The molecule has 0 spiro atoms. The molecule has 1 aromatic carbocycles. The van der Waals surface area contributed by atoms with Crippen molar-refractivity contribution in [3.63, 3.8) is 0 Å². The first-order valence-corrected chi connectivity index (χ1v) is 6.96. The lowest BCUT2D eigenvalue weighted by atomic mass is 10.1. The fourth-order valence-electron chi connectivity index (χ4n) is 2.32. The molecule has 1 amide bonds. The number of benzene rings is 1. The molecule has 6 heteroatoms. The van der Waals surface area contributed by atoms with Gasteiger partial charge < -0.3 is 14.8 Å². The molecule has 1 aromatic heterocycles. The summed E-state index contributed by atoms with van der Waals surface area (Å²) in [6, 6.07) is 5.26. The summed E-state index contributed by atoms with van der Waals surface area (Å²) in [6.45, 7) is 3.86. The average Bonchev–Trinajstić information content (AvgIpc) is 2.73. The van der Waals surface area contributed by atoms with Crippen molar-refractivity contribution in [3.05, 3.63) is 35.2 Å². The Morgan fingerprint density at radius 2 is 1.77 bits per heavy atom. The van der Waals surface area contributed by atoms with Crippen LogP contribution in [0.15, 0.2) is 18.2 Å². The summed E-state index contributed by atoms with van der Waals surface area (Å²) in [5, 5.41) is 7.19. The van der Waals surface area contributed by atoms with E-state index in [0.717, 1.165) is 17.0 Å². The van der Waals surface area contributed by atoms with Crippen LogP contribution >= 0.6 is 0 Å². The number of hydrogen-bond acceptors (Lipinski definition) is 4. The number of carbonyl (C=O) groups excluding carboxylic acids is 1. The Balaban J connectivity index is 2.15. The number of anilines is 1. The summed E-state index contributed by atoms with van der Waals surface area (Å²) in [5.74, 6) is 1.15. The van der Waals surface area contributed by atoms with E-state index < -0.39 is 0 Å². The minimum absolute atomic E-state index is 0.102. The van der Waals surface area contributed by atoms with Crippen molar-refractivity contribution < 1.29 is 14.3 Å². The van der Waals surface area contributed by atoms with Crippen LogP contribution in [0.4, 0.5) is 5.69 Å². The van der Waals surface area contributed by atoms with E-state index in [-0.39, 0.29) is 12.3 Å². The van der Waals surface area contributed by atoms with E-state index in [1.54, 1.807) is 37.1 Å². The predicted octanol–water partition coefficient (Wildman–Crippen LogP) is 2.24. The number of hydrogen-bond donors (Lipinski definition) is 1. The highest BCUT2D eigenvalue weighted by molar-refractivity contribution is 5.93. The quantitative estimate of drug-likeness (QED) is 0.920. The molecule has 0 saturated carbocycles. The maximum absolute atomic E-state index is 12.3. The van der Waals surface area contributed by atoms with Gasteiger partial charge in [0.25, 0.3) is 0 Å². The first-order valence-electron chi connectivity index (χ1n) is 6.96. The number of carbonyl (C=O) groups is 1. The summed E-state index contributed by atoms with van der Waals surface area (Å²) < 4.78 is 12.2. The van der Waals surface area contributed by atoms with Gasteiger partial charge in [-0.3, -0.25) is 9.48 Å². The van der Waals surface area contributed by atoms with E-state index in [0.29, 0.717) is 17.2 Å². The molecule has 0 bridgehead atoms. The van der Waals surface area contributed by atoms with Crippen molar-refractivity contribution in [1.29, 1.82) is 0 Å². The fraction of sp³-hybridized carbons (Fsp3) is 0.375. The molecule has 0 aliphatic rings. The van der Waals surface area contributed by atoms with Gasteiger partial charge in [-0.1, -0.05) is 0 Å². The van der Waals surface area contributed by atoms with Gasteiger partial charge in [-0.2, -0.15) is 5.10 Å². The number of methoxy groups -OCH3 is 2. The number of aromatic nitrogens is 2. The Morgan fingerprint density at radius 3 is 2.23 bits per heavy atom. The molecular formula is C16H21N3O3. The second-order valence-corrected chi connectivity index (χ2v) is 5.10. The number of aryl methyl sites for hydroxylation is 2. The first-order chi connectivity index (χ1) is 10.4. The molecule has 1 N–H and O–H groups in total. The second kappa shape index (κ2) is 6.51. The van der Waals surface area contributed by atoms with Crippen LogP contribution in [0.3, 0.4) is 0 Å². The monoisotopic (exact) mass is 303 g/mol. The van der Waals surface area contributed by atoms with Gasteiger partial charge in [-0.15, -0.1) is 0 Å². The molecule has 0 atom stereocenters. The number of nitrogens with one attached hydrogen (secondary N) is 1. The third-order valence-electron chi connectivity index (χ3n) is 3.63. The third-order valence-corrected chi connectivity index (χ3v) is 3.63. The molecular weight excluding hydrogens is 282 g/mol.